The van der Waals surface area contributed by atoms with E-state index in [1.807, 2.05) is 6.08 Å². The summed E-state index contributed by atoms with van der Waals surface area (Å²) in [5.41, 5.74) is 1.51. The molecule has 1 amide bonds. The number of allylic oxidation sites excluding steroid dienone is 2. The van der Waals surface area contributed by atoms with Crippen molar-refractivity contribution in [1.29, 1.82) is 5.26 Å². The van der Waals surface area contributed by atoms with Gasteiger partial charge in [-0.1, -0.05) is 12.7 Å². The fourth-order valence-corrected chi connectivity index (χ4v) is 2.10. The van der Waals surface area contributed by atoms with E-state index in [4.69, 9.17) is 10.00 Å². The molecule has 1 N–H and O–H groups in total. The number of hydrogen-bond acceptors (Lipinski definition) is 3. The minimum atomic E-state index is -0.332. The van der Waals surface area contributed by atoms with Crippen LogP contribution in [0, 0.1) is 11.3 Å². The summed E-state index contributed by atoms with van der Waals surface area (Å²) in [4.78, 5) is 11.3. The van der Waals surface area contributed by atoms with Gasteiger partial charge in [0.2, 0.25) is 5.91 Å². The molecule has 4 nitrogen and oxygen atoms in total. The van der Waals surface area contributed by atoms with E-state index in [0.29, 0.717) is 0 Å². The molecule has 0 aromatic heterocycles. The Morgan fingerprint density at radius 3 is 3.06 bits per heavy atom. The largest absolute Gasteiger partial charge is 0.360 e. The molecule has 0 unspecified atom stereocenters. The molecule has 1 fully saturated rings. The van der Waals surface area contributed by atoms with Crippen LogP contribution in [0.2, 0.25) is 0 Å². The Hall–Kier alpha value is -1.86. The van der Waals surface area contributed by atoms with Crippen LogP contribution in [0.5, 0.6) is 0 Å². The molecule has 0 radical (unpaired) electrons. The van der Waals surface area contributed by atoms with E-state index in [-0.39, 0.29) is 18.1 Å². The highest BCUT2D eigenvalue weighted by molar-refractivity contribution is 5.78. The zero-order valence-electron chi connectivity index (χ0n) is 10.2. The number of carbonyl (C=O) groups is 1. The summed E-state index contributed by atoms with van der Waals surface area (Å²) in [5, 5.41) is 11.4. The first kappa shape index (κ1) is 12.6. The summed E-state index contributed by atoms with van der Waals surface area (Å²) in [6, 6.07) is 2.19. The lowest BCUT2D eigenvalue weighted by molar-refractivity contribution is -0.126. The van der Waals surface area contributed by atoms with Crippen molar-refractivity contribution in [2.45, 2.75) is 31.3 Å². The lowest BCUT2D eigenvalue weighted by Crippen LogP contribution is -2.28. The van der Waals surface area contributed by atoms with Gasteiger partial charge in [-0.3, -0.25) is 4.79 Å². The zero-order chi connectivity index (χ0) is 13.0. The third kappa shape index (κ3) is 2.69. The van der Waals surface area contributed by atoms with Gasteiger partial charge < -0.3 is 10.1 Å². The Bertz CT molecular complexity index is 465. The van der Waals surface area contributed by atoms with Crippen molar-refractivity contribution in [2.75, 3.05) is 6.61 Å². The standard InChI is InChI=1S/C14H16N2O2/c1-2-16-13(17)10-18-14(6-7-14)12-5-3-4-11(8-12)9-15/h2,5,8H,1,3-4,6-7,10H2,(H,16,17). The SMILES string of the molecule is C=CNC(=O)COC1(C2=CCCC(C#N)=C2)CC1. The number of rotatable bonds is 5. The van der Waals surface area contributed by atoms with Crippen LogP contribution in [0.15, 0.2) is 36.1 Å². The average Bonchev–Trinajstić information content (AvgIpc) is 3.18. The molecule has 0 aromatic rings. The Balaban J connectivity index is 1.98. The van der Waals surface area contributed by atoms with Crippen LogP contribution in [0.4, 0.5) is 0 Å². The maximum atomic E-state index is 11.3. The fraction of sp³-hybridized carbons (Fsp3) is 0.429. The Labute approximate surface area is 107 Å². The van der Waals surface area contributed by atoms with Crippen molar-refractivity contribution in [3.63, 3.8) is 0 Å². The average molecular weight is 244 g/mol. The van der Waals surface area contributed by atoms with Gasteiger partial charge in [0.25, 0.3) is 0 Å². The number of amides is 1. The molecule has 2 aliphatic carbocycles. The van der Waals surface area contributed by atoms with E-state index < -0.39 is 0 Å². The van der Waals surface area contributed by atoms with Gasteiger partial charge in [-0.25, -0.2) is 0 Å². The van der Waals surface area contributed by atoms with Crippen molar-refractivity contribution in [3.8, 4) is 6.07 Å². The van der Waals surface area contributed by atoms with Crippen LogP contribution in [0.1, 0.15) is 25.7 Å². The van der Waals surface area contributed by atoms with Gasteiger partial charge in [0.1, 0.15) is 6.61 Å². The third-order valence-electron chi connectivity index (χ3n) is 3.22. The van der Waals surface area contributed by atoms with Crippen molar-refractivity contribution in [2.24, 2.45) is 0 Å². The number of carbonyl (C=O) groups excluding carboxylic acids is 1. The molecule has 1 saturated carbocycles. The second-order valence-corrected chi connectivity index (χ2v) is 4.53. The minimum Gasteiger partial charge on any atom is -0.360 e. The molecule has 0 aliphatic heterocycles. The maximum Gasteiger partial charge on any atom is 0.249 e. The van der Waals surface area contributed by atoms with Gasteiger partial charge in [0, 0.05) is 5.57 Å². The Morgan fingerprint density at radius 1 is 1.67 bits per heavy atom. The number of nitrogens with zero attached hydrogens (tertiary/aromatic N) is 1. The second-order valence-electron chi connectivity index (χ2n) is 4.53. The van der Waals surface area contributed by atoms with E-state index in [0.717, 1.165) is 36.8 Å². The molecule has 94 valence electrons. The predicted molar refractivity (Wildman–Crippen MR) is 67.3 cm³/mol. The molecular weight excluding hydrogens is 228 g/mol. The highest BCUT2D eigenvalue weighted by Gasteiger charge is 2.47. The molecule has 0 aromatic carbocycles. The minimum absolute atomic E-state index is 0.0269. The first-order chi connectivity index (χ1) is 8.70. The summed E-state index contributed by atoms with van der Waals surface area (Å²) < 4.78 is 5.71. The predicted octanol–water partition coefficient (Wildman–Crippen LogP) is 1.97. The summed E-state index contributed by atoms with van der Waals surface area (Å²) in [6.45, 7) is 3.45. The van der Waals surface area contributed by atoms with Gasteiger partial charge in [0.15, 0.2) is 0 Å². The van der Waals surface area contributed by atoms with Crippen LogP contribution in [-0.4, -0.2) is 18.1 Å². The molecule has 0 saturated heterocycles. The van der Waals surface area contributed by atoms with E-state index >= 15 is 0 Å². The van der Waals surface area contributed by atoms with Crippen molar-refractivity contribution in [3.05, 3.63) is 36.1 Å². The van der Waals surface area contributed by atoms with Crippen molar-refractivity contribution >= 4 is 5.91 Å². The molecule has 4 heteroatoms. The second kappa shape index (κ2) is 5.19. The van der Waals surface area contributed by atoms with Gasteiger partial charge in [0.05, 0.1) is 11.7 Å². The zero-order valence-corrected chi connectivity index (χ0v) is 10.2. The number of hydrogen-bond donors (Lipinski definition) is 1. The smallest absolute Gasteiger partial charge is 0.249 e. The first-order valence-electron chi connectivity index (χ1n) is 6.06. The Kier molecular flexibility index (Phi) is 3.63. The number of ether oxygens (including phenoxy) is 1. The molecule has 0 bridgehead atoms. The number of nitriles is 1. The highest BCUT2D eigenvalue weighted by atomic mass is 16.5. The monoisotopic (exact) mass is 244 g/mol. The topological polar surface area (TPSA) is 62.1 Å². The van der Waals surface area contributed by atoms with E-state index in [1.54, 1.807) is 0 Å². The quantitative estimate of drug-likeness (QED) is 0.804. The van der Waals surface area contributed by atoms with E-state index in [2.05, 4.69) is 24.0 Å². The van der Waals surface area contributed by atoms with Crippen LogP contribution in [0.3, 0.4) is 0 Å². The summed E-state index contributed by atoms with van der Waals surface area (Å²) in [7, 11) is 0. The van der Waals surface area contributed by atoms with Crippen molar-refractivity contribution < 1.29 is 9.53 Å². The van der Waals surface area contributed by atoms with Crippen LogP contribution in [-0.2, 0) is 9.53 Å². The number of nitrogens with one attached hydrogen (secondary N) is 1. The third-order valence-corrected chi connectivity index (χ3v) is 3.22. The van der Waals surface area contributed by atoms with E-state index in [9.17, 15) is 4.79 Å². The molecule has 18 heavy (non-hydrogen) atoms. The highest BCUT2D eigenvalue weighted by Crippen LogP contribution is 2.47. The van der Waals surface area contributed by atoms with Crippen LogP contribution < -0.4 is 5.32 Å². The maximum absolute atomic E-state index is 11.3. The molecule has 2 aliphatic rings. The van der Waals surface area contributed by atoms with E-state index in [1.165, 1.54) is 6.20 Å². The first-order valence-corrected chi connectivity index (χ1v) is 6.06. The molecule has 0 spiro atoms. The summed E-state index contributed by atoms with van der Waals surface area (Å²) in [6.07, 6.45) is 8.86. The lowest BCUT2D eigenvalue weighted by Gasteiger charge is -2.20. The summed E-state index contributed by atoms with van der Waals surface area (Å²) >= 11 is 0. The van der Waals surface area contributed by atoms with Gasteiger partial charge in [-0.15, -0.1) is 0 Å². The molecular formula is C14H16N2O2. The molecule has 2 rings (SSSR count). The van der Waals surface area contributed by atoms with Gasteiger partial charge in [-0.2, -0.15) is 5.26 Å². The van der Waals surface area contributed by atoms with Crippen LogP contribution in [0.25, 0.3) is 0 Å². The van der Waals surface area contributed by atoms with Crippen molar-refractivity contribution in [1.82, 2.24) is 5.32 Å². The summed E-state index contributed by atoms with van der Waals surface area (Å²) in [5.74, 6) is -0.197. The normalized spacial score (nSPS) is 20.2. The molecule has 0 atom stereocenters. The lowest BCUT2D eigenvalue weighted by atomic mass is 9.95. The fourth-order valence-electron chi connectivity index (χ4n) is 2.10. The molecule has 0 heterocycles. The Morgan fingerprint density at radius 2 is 2.44 bits per heavy atom. The van der Waals surface area contributed by atoms with Gasteiger partial charge >= 0.3 is 0 Å². The van der Waals surface area contributed by atoms with Crippen LogP contribution >= 0.6 is 0 Å². The van der Waals surface area contributed by atoms with Gasteiger partial charge in [-0.05, 0) is 43.5 Å².